The second kappa shape index (κ2) is 5.92. The van der Waals surface area contributed by atoms with Crippen LogP contribution in [0.3, 0.4) is 0 Å². The van der Waals surface area contributed by atoms with Crippen LogP contribution in [0.2, 0.25) is 0 Å². The first-order valence-corrected chi connectivity index (χ1v) is 7.37. The van der Waals surface area contributed by atoms with E-state index in [9.17, 15) is 0 Å². The first-order valence-electron chi connectivity index (χ1n) is 6.38. The van der Waals surface area contributed by atoms with Crippen molar-refractivity contribution in [2.45, 2.75) is 10.9 Å². The molecule has 0 saturated carbocycles. The number of fused-ring (bicyclic) bond motifs is 1. The van der Waals surface area contributed by atoms with Gasteiger partial charge < -0.3 is 5.84 Å². The summed E-state index contributed by atoms with van der Waals surface area (Å²) in [5.74, 6) is 6.07. The Hall–Kier alpha value is -2.41. The third-order valence-electron chi connectivity index (χ3n) is 3.20. The maximum absolute atomic E-state index is 5.27. The van der Waals surface area contributed by atoms with E-state index in [0.717, 1.165) is 21.9 Å². The van der Waals surface area contributed by atoms with Crippen LogP contribution < -0.4 is 5.84 Å². The minimum atomic E-state index is 0.798. The van der Waals surface area contributed by atoms with Gasteiger partial charge in [-0.25, -0.2) is 4.68 Å². The highest BCUT2D eigenvalue weighted by molar-refractivity contribution is 7.98. The Labute approximate surface area is 126 Å². The van der Waals surface area contributed by atoms with Gasteiger partial charge in [0.1, 0.15) is 0 Å². The minimum absolute atomic E-state index is 0.798. The number of hydrogen-bond acceptors (Lipinski definition) is 6. The van der Waals surface area contributed by atoms with Crippen molar-refractivity contribution in [1.82, 2.24) is 20.2 Å². The minimum Gasteiger partial charge on any atom is -0.323 e. The zero-order valence-corrected chi connectivity index (χ0v) is 12.3. The molecule has 0 radical (unpaired) electrons. The van der Waals surface area contributed by atoms with E-state index in [1.165, 1.54) is 10.9 Å². The van der Waals surface area contributed by atoms with Crippen LogP contribution in [-0.2, 0) is 12.8 Å². The van der Waals surface area contributed by atoms with Crippen molar-refractivity contribution in [1.29, 1.82) is 0 Å². The van der Waals surface area contributed by atoms with E-state index >= 15 is 0 Å². The van der Waals surface area contributed by atoms with Crippen LogP contribution in [0.4, 0.5) is 0 Å². The van der Waals surface area contributed by atoms with Gasteiger partial charge in [-0.05, 0) is 26.8 Å². The molecule has 0 unspecified atom stereocenters. The molecule has 0 fully saturated rings. The van der Waals surface area contributed by atoms with E-state index in [1.54, 1.807) is 22.7 Å². The Morgan fingerprint density at radius 1 is 1.24 bits per heavy atom. The molecule has 0 aliphatic heterocycles. The normalized spacial score (nSPS) is 11.5. The maximum atomic E-state index is 5.27. The highest BCUT2D eigenvalue weighted by atomic mass is 32.2. The molecule has 0 amide bonds. The van der Waals surface area contributed by atoms with Gasteiger partial charge in [0, 0.05) is 18.4 Å². The first-order chi connectivity index (χ1) is 10.3. The maximum Gasteiger partial charge on any atom is 0.209 e. The van der Waals surface area contributed by atoms with E-state index in [2.05, 4.69) is 38.8 Å². The zero-order valence-electron chi connectivity index (χ0n) is 11.5. The first kappa shape index (κ1) is 13.6. The second-order valence-corrected chi connectivity index (χ2v) is 5.45. The van der Waals surface area contributed by atoms with Crippen LogP contribution in [0, 0.1) is 0 Å². The van der Waals surface area contributed by atoms with Gasteiger partial charge in [-0.2, -0.15) is 5.10 Å². The lowest BCUT2D eigenvalue weighted by Gasteiger charge is -2.08. The number of aromatic nitrogens is 4. The summed E-state index contributed by atoms with van der Waals surface area (Å²) in [4.78, 5) is 0. The van der Waals surface area contributed by atoms with E-state index in [4.69, 9.17) is 5.84 Å². The smallest absolute Gasteiger partial charge is 0.209 e. The van der Waals surface area contributed by atoms with E-state index in [1.807, 2.05) is 25.2 Å². The van der Waals surface area contributed by atoms with Crippen LogP contribution in [0.5, 0.6) is 0 Å². The van der Waals surface area contributed by atoms with E-state index in [-0.39, 0.29) is 0 Å². The third kappa shape index (κ3) is 2.73. The number of benzene rings is 2. The number of rotatable bonds is 4. The van der Waals surface area contributed by atoms with Crippen LogP contribution >= 0.6 is 11.8 Å². The molecular formula is C14H14N6S. The molecule has 0 spiro atoms. The highest BCUT2D eigenvalue weighted by Gasteiger charge is 2.08. The molecule has 3 rings (SSSR count). The molecule has 2 N–H and O–H groups in total. The largest absolute Gasteiger partial charge is 0.323 e. The van der Waals surface area contributed by atoms with Crippen LogP contribution in [-0.4, -0.2) is 26.4 Å². The lowest BCUT2D eigenvalue weighted by Crippen LogP contribution is -1.95. The molecule has 6 nitrogen and oxygen atoms in total. The van der Waals surface area contributed by atoms with Gasteiger partial charge in [-0.1, -0.05) is 48.2 Å². The Morgan fingerprint density at radius 2 is 2.05 bits per heavy atom. The summed E-state index contributed by atoms with van der Waals surface area (Å²) in [6, 6.07) is 12.3. The van der Waals surface area contributed by atoms with Gasteiger partial charge >= 0.3 is 0 Å². The Kier molecular flexibility index (Phi) is 3.83. The van der Waals surface area contributed by atoms with Crippen LogP contribution in [0.15, 0.2) is 46.7 Å². The molecule has 0 bridgehead atoms. The Morgan fingerprint density at radius 3 is 2.76 bits per heavy atom. The van der Waals surface area contributed by atoms with Gasteiger partial charge in [-0.3, -0.25) is 0 Å². The fraction of sp³-hybridized carbons (Fsp3) is 0.143. The molecule has 2 aromatic carbocycles. The fourth-order valence-corrected chi connectivity index (χ4v) is 3.04. The predicted octanol–water partition coefficient (Wildman–Crippen LogP) is 1.95. The van der Waals surface area contributed by atoms with Crippen LogP contribution in [0.25, 0.3) is 10.8 Å². The van der Waals surface area contributed by atoms with Crippen LogP contribution in [0.1, 0.15) is 11.1 Å². The van der Waals surface area contributed by atoms with Crippen molar-refractivity contribution < 1.29 is 0 Å². The molecule has 0 atom stereocenters. The summed E-state index contributed by atoms with van der Waals surface area (Å²) in [6.45, 7) is 0. The summed E-state index contributed by atoms with van der Waals surface area (Å²) in [5.41, 5.74) is 2.25. The second-order valence-electron chi connectivity index (χ2n) is 4.51. The Balaban J connectivity index is 1.96. The van der Waals surface area contributed by atoms with Crippen molar-refractivity contribution in [3.63, 3.8) is 0 Å². The topological polar surface area (TPSA) is 82.0 Å². The summed E-state index contributed by atoms with van der Waals surface area (Å²) in [5, 5.41) is 18.2. The number of nitrogens with zero attached hydrogens (tertiary/aromatic N) is 5. The highest BCUT2D eigenvalue weighted by Crippen LogP contribution is 2.27. The van der Waals surface area contributed by atoms with Crippen molar-refractivity contribution in [2.24, 2.45) is 18.0 Å². The van der Waals surface area contributed by atoms with Gasteiger partial charge in [0.25, 0.3) is 0 Å². The van der Waals surface area contributed by atoms with Crippen molar-refractivity contribution in [3.05, 3.63) is 47.5 Å². The molecule has 1 aromatic heterocycles. The number of aryl methyl sites for hydroxylation is 1. The molecule has 0 aliphatic carbocycles. The molecule has 1 heterocycles. The van der Waals surface area contributed by atoms with Gasteiger partial charge in [0.15, 0.2) is 0 Å². The van der Waals surface area contributed by atoms with E-state index in [0.29, 0.717) is 0 Å². The number of tetrazole rings is 1. The standard InChI is InChI=1S/C14H14N6S/c1-20-14(17-18-19-20)21-9-11-7-6-10(8-16-15)12-4-2-3-5-13(11)12/h2-8H,9,15H2,1H3/b16-8+. The molecule has 21 heavy (non-hydrogen) atoms. The number of hydrazone groups is 1. The fourth-order valence-electron chi connectivity index (χ4n) is 2.19. The van der Waals surface area contributed by atoms with Crippen molar-refractivity contribution in [2.75, 3.05) is 0 Å². The number of thioether (sulfide) groups is 1. The lowest BCUT2D eigenvalue weighted by atomic mass is 10.0. The molecular weight excluding hydrogens is 284 g/mol. The number of nitrogens with two attached hydrogens (primary N) is 1. The average Bonchev–Trinajstić information content (AvgIpc) is 2.92. The monoisotopic (exact) mass is 298 g/mol. The zero-order chi connectivity index (χ0) is 14.7. The summed E-state index contributed by atoms with van der Waals surface area (Å²) in [7, 11) is 1.83. The SMILES string of the molecule is Cn1nnnc1SCc1ccc(/C=N/N)c2ccccc12. The lowest BCUT2D eigenvalue weighted by molar-refractivity contribution is 0.664. The number of hydrogen-bond donors (Lipinski definition) is 1. The van der Waals surface area contributed by atoms with Gasteiger partial charge in [0.05, 0.1) is 6.21 Å². The summed E-state index contributed by atoms with van der Waals surface area (Å²) in [6.07, 6.45) is 1.67. The third-order valence-corrected chi connectivity index (χ3v) is 4.26. The molecule has 7 heteroatoms. The summed E-state index contributed by atoms with van der Waals surface area (Å²) >= 11 is 1.61. The Bertz CT molecular complexity index is 795. The van der Waals surface area contributed by atoms with Crippen molar-refractivity contribution in [3.8, 4) is 0 Å². The predicted molar refractivity (Wildman–Crippen MR) is 84.1 cm³/mol. The molecule has 0 saturated heterocycles. The summed E-state index contributed by atoms with van der Waals surface area (Å²) < 4.78 is 1.67. The van der Waals surface area contributed by atoms with Gasteiger partial charge in [-0.15, -0.1) is 5.10 Å². The average molecular weight is 298 g/mol. The molecule has 3 aromatic rings. The quantitative estimate of drug-likeness (QED) is 0.344. The van der Waals surface area contributed by atoms with E-state index < -0.39 is 0 Å². The van der Waals surface area contributed by atoms with Gasteiger partial charge in [0.2, 0.25) is 5.16 Å². The van der Waals surface area contributed by atoms with Crippen molar-refractivity contribution >= 4 is 28.7 Å². The molecule has 0 aliphatic rings. The molecule has 106 valence electrons.